The van der Waals surface area contributed by atoms with E-state index >= 15 is 0 Å². The number of nitrogens with zero attached hydrogens (tertiary/aromatic N) is 1. The Labute approximate surface area is 92.0 Å². The van der Waals surface area contributed by atoms with Crippen LogP contribution in [0.2, 0.25) is 0 Å². The molecule has 1 unspecified atom stereocenters. The summed E-state index contributed by atoms with van der Waals surface area (Å²) in [4.78, 5) is 23.9. The van der Waals surface area contributed by atoms with Gasteiger partial charge in [-0.3, -0.25) is 14.5 Å². The minimum absolute atomic E-state index is 0.146. The summed E-state index contributed by atoms with van der Waals surface area (Å²) in [6.45, 7) is 0. The SMILES string of the molecule is CN1C(=O)CC(Nc2ccc(F)cc2)C1=O. The van der Waals surface area contributed by atoms with Crippen LogP contribution in [0.4, 0.5) is 10.1 Å². The zero-order chi connectivity index (χ0) is 11.7. The summed E-state index contributed by atoms with van der Waals surface area (Å²) < 4.78 is 12.6. The van der Waals surface area contributed by atoms with E-state index in [0.29, 0.717) is 5.69 Å². The van der Waals surface area contributed by atoms with Crippen molar-refractivity contribution in [1.82, 2.24) is 4.90 Å². The highest BCUT2D eigenvalue weighted by molar-refractivity contribution is 6.06. The average Bonchev–Trinajstić information content (AvgIpc) is 2.50. The smallest absolute Gasteiger partial charge is 0.251 e. The average molecular weight is 222 g/mol. The van der Waals surface area contributed by atoms with Crippen molar-refractivity contribution in [3.63, 3.8) is 0 Å². The topological polar surface area (TPSA) is 49.4 Å². The summed E-state index contributed by atoms with van der Waals surface area (Å²) in [7, 11) is 1.46. The molecule has 1 atom stereocenters. The summed E-state index contributed by atoms with van der Waals surface area (Å²) in [6, 6.07) is 5.13. The molecule has 2 amide bonds. The van der Waals surface area contributed by atoms with Crippen molar-refractivity contribution in [2.75, 3.05) is 12.4 Å². The van der Waals surface area contributed by atoms with Crippen molar-refractivity contribution in [1.29, 1.82) is 0 Å². The zero-order valence-electron chi connectivity index (χ0n) is 8.74. The van der Waals surface area contributed by atoms with Gasteiger partial charge in [0.1, 0.15) is 11.9 Å². The molecule has 0 radical (unpaired) electrons. The van der Waals surface area contributed by atoms with Gasteiger partial charge in [0.05, 0.1) is 6.42 Å². The van der Waals surface area contributed by atoms with Crippen molar-refractivity contribution < 1.29 is 14.0 Å². The van der Waals surface area contributed by atoms with Crippen LogP contribution in [0.15, 0.2) is 24.3 Å². The first-order chi connectivity index (χ1) is 7.58. The third-order valence-electron chi connectivity index (χ3n) is 2.57. The Morgan fingerprint density at radius 1 is 1.31 bits per heavy atom. The maximum absolute atomic E-state index is 12.6. The van der Waals surface area contributed by atoms with E-state index < -0.39 is 6.04 Å². The molecular weight excluding hydrogens is 211 g/mol. The Morgan fingerprint density at radius 3 is 2.44 bits per heavy atom. The lowest BCUT2D eigenvalue weighted by Crippen LogP contribution is -2.31. The largest absolute Gasteiger partial charge is 0.373 e. The summed E-state index contributed by atoms with van der Waals surface area (Å²) in [5.41, 5.74) is 0.628. The maximum atomic E-state index is 12.6. The third kappa shape index (κ3) is 1.88. The number of hydrogen-bond donors (Lipinski definition) is 1. The third-order valence-corrected chi connectivity index (χ3v) is 2.57. The van der Waals surface area contributed by atoms with Crippen LogP contribution in [-0.4, -0.2) is 29.8 Å². The Morgan fingerprint density at radius 2 is 1.94 bits per heavy atom. The monoisotopic (exact) mass is 222 g/mol. The van der Waals surface area contributed by atoms with E-state index in [9.17, 15) is 14.0 Å². The van der Waals surface area contributed by atoms with E-state index in [1.807, 2.05) is 0 Å². The molecule has 1 saturated heterocycles. The van der Waals surface area contributed by atoms with Gasteiger partial charge < -0.3 is 5.32 Å². The highest BCUT2D eigenvalue weighted by Gasteiger charge is 2.35. The molecule has 0 bridgehead atoms. The fourth-order valence-electron chi connectivity index (χ4n) is 1.62. The second-order valence-electron chi connectivity index (χ2n) is 3.70. The molecule has 0 aliphatic carbocycles. The zero-order valence-corrected chi connectivity index (χ0v) is 8.74. The molecule has 1 fully saturated rings. The first-order valence-corrected chi connectivity index (χ1v) is 4.90. The molecule has 1 aliphatic heterocycles. The number of hydrogen-bond acceptors (Lipinski definition) is 3. The number of likely N-dealkylation sites (N-methyl/N-ethyl adjacent to an activating group) is 1. The lowest BCUT2D eigenvalue weighted by Gasteiger charge is -2.12. The molecule has 4 nitrogen and oxygen atoms in total. The molecule has 1 aromatic rings. The van der Waals surface area contributed by atoms with E-state index in [0.717, 1.165) is 4.90 Å². The van der Waals surface area contributed by atoms with Gasteiger partial charge in [0.15, 0.2) is 0 Å². The minimum Gasteiger partial charge on any atom is -0.373 e. The minimum atomic E-state index is -0.539. The number of anilines is 1. The Balaban J connectivity index is 2.09. The Bertz CT molecular complexity index is 430. The van der Waals surface area contributed by atoms with Crippen LogP contribution >= 0.6 is 0 Å². The van der Waals surface area contributed by atoms with Gasteiger partial charge in [0.2, 0.25) is 5.91 Å². The van der Waals surface area contributed by atoms with Crippen LogP contribution in [0, 0.1) is 5.82 Å². The highest BCUT2D eigenvalue weighted by Crippen LogP contribution is 2.17. The van der Waals surface area contributed by atoms with E-state index in [2.05, 4.69) is 5.32 Å². The van der Waals surface area contributed by atoms with Crippen molar-refractivity contribution in [3.05, 3.63) is 30.1 Å². The van der Waals surface area contributed by atoms with Crippen molar-refractivity contribution in [3.8, 4) is 0 Å². The number of rotatable bonds is 2. The number of benzene rings is 1. The normalized spacial score (nSPS) is 20.4. The first-order valence-electron chi connectivity index (χ1n) is 4.90. The molecule has 2 rings (SSSR count). The molecule has 1 aromatic carbocycles. The number of amides is 2. The first kappa shape index (κ1) is 10.6. The van der Waals surface area contributed by atoms with Gasteiger partial charge in [-0.2, -0.15) is 0 Å². The van der Waals surface area contributed by atoms with E-state index in [1.165, 1.54) is 31.3 Å². The Kier molecular flexibility index (Phi) is 2.60. The fraction of sp³-hybridized carbons (Fsp3) is 0.273. The molecule has 0 spiro atoms. The van der Waals surface area contributed by atoms with Crippen LogP contribution in [-0.2, 0) is 9.59 Å². The number of carbonyl (C=O) groups excluding carboxylic acids is 2. The highest BCUT2D eigenvalue weighted by atomic mass is 19.1. The fourth-order valence-corrected chi connectivity index (χ4v) is 1.62. The maximum Gasteiger partial charge on any atom is 0.251 e. The van der Waals surface area contributed by atoms with E-state index in [-0.39, 0.29) is 24.1 Å². The molecule has 1 N–H and O–H groups in total. The quantitative estimate of drug-likeness (QED) is 0.759. The Hall–Kier alpha value is -1.91. The van der Waals surface area contributed by atoms with Crippen molar-refractivity contribution >= 4 is 17.5 Å². The summed E-state index contributed by atoms with van der Waals surface area (Å²) in [5.74, 6) is -0.796. The van der Waals surface area contributed by atoms with Crippen LogP contribution in [0.1, 0.15) is 6.42 Å². The molecule has 1 heterocycles. The summed E-state index contributed by atoms with van der Waals surface area (Å²) in [6.07, 6.45) is 0.146. The van der Waals surface area contributed by atoms with Gasteiger partial charge >= 0.3 is 0 Å². The van der Waals surface area contributed by atoms with Gasteiger partial charge in [0, 0.05) is 12.7 Å². The number of likely N-dealkylation sites (tertiary alicyclic amines) is 1. The van der Waals surface area contributed by atoms with Crippen LogP contribution < -0.4 is 5.32 Å². The number of nitrogens with one attached hydrogen (secondary N) is 1. The lowest BCUT2D eigenvalue weighted by molar-refractivity contribution is -0.136. The molecule has 84 valence electrons. The predicted molar refractivity (Wildman–Crippen MR) is 56.2 cm³/mol. The van der Waals surface area contributed by atoms with Gasteiger partial charge in [-0.05, 0) is 24.3 Å². The molecule has 0 aromatic heterocycles. The predicted octanol–water partition coefficient (Wildman–Crippen LogP) is 0.995. The van der Waals surface area contributed by atoms with Crippen LogP contribution in [0.5, 0.6) is 0 Å². The molecule has 0 saturated carbocycles. The van der Waals surface area contributed by atoms with Crippen molar-refractivity contribution in [2.45, 2.75) is 12.5 Å². The van der Waals surface area contributed by atoms with Crippen molar-refractivity contribution in [2.24, 2.45) is 0 Å². The van der Waals surface area contributed by atoms with E-state index in [1.54, 1.807) is 0 Å². The van der Waals surface area contributed by atoms with Crippen LogP contribution in [0.3, 0.4) is 0 Å². The number of carbonyl (C=O) groups is 2. The van der Waals surface area contributed by atoms with Gasteiger partial charge in [0.25, 0.3) is 5.91 Å². The summed E-state index contributed by atoms with van der Waals surface area (Å²) in [5, 5.41) is 2.90. The molecular formula is C11H11FN2O2. The van der Waals surface area contributed by atoms with Crippen LogP contribution in [0.25, 0.3) is 0 Å². The second-order valence-corrected chi connectivity index (χ2v) is 3.70. The number of imide groups is 1. The summed E-state index contributed by atoms with van der Waals surface area (Å²) >= 11 is 0. The van der Waals surface area contributed by atoms with Gasteiger partial charge in [-0.25, -0.2) is 4.39 Å². The van der Waals surface area contributed by atoms with E-state index in [4.69, 9.17) is 0 Å². The molecule has 1 aliphatic rings. The second kappa shape index (κ2) is 3.92. The lowest BCUT2D eigenvalue weighted by atomic mass is 10.2. The van der Waals surface area contributed by atoms with Gasteiger partial charge in [-0.1, -0.05) is 0 Å². The molecule has 5 heteroatoms. The number of halogens is 1. The standard InChI is InChI=1S/C11H11FN2O2/c1-14-10(15)6-9(11(14)16)13-8-4-2-7(12)3-5-8/h2-5,9,13H,6H2,1H3. The van der Waals surface area contributed by atoms with Gasteiger partial charge in [-0.15, -0.1) is 0 Å². The molecule has 16 heavy (non-hydrogen) atoms.